The average Bonchev–Trinajstić information content (AvgIpc) is 1.84. The fourth-order valence-electron chi connectivity index (χ4n) is 0.456. The third-order valence-corrected chi connectivity index (χ3v) is 2.78. The van der Waals surface area contributed by atoms with Crippen molar-refractivity contribution in [2.45, 2.75) is 0 Å². The molecule has 0 aliphatic carbocycles. The number of nitrogens with one attached hydrogen (secondary N) is 1. The zero-order chi connectivity index (χ0) is 9.61. The van der Waals surface area contributed by atoms with Crippen LogP contribution in [0.25, 0.3) is 0 Å². The quantitative estimate of drug-likeness (QED) is 0.591. The van der Waals surface area contributed by atoms with Crippen molar-refractivity contribution in [3.63, 3.8) is 0 Å². The molecule has 0 bridgehead atoms. The lowest BCUT2D eigenvalue weighted by Crippen LogP contribution is -2.17. The highest BCUT2D eigenvalue weighted by atomic mass is 32.2. The summed E-state index contributed by atoms with van der Waals surface area (Å²) < 4.78 is 28.7. The number of hydrogen-bond donors (Lipinski definition) is 2. The molecule has 0 saturated carbocycles. The van der Waals surface area contributed by atoms with E-state index < -0.39 is 10.1 Å². The summed E-state index contributed by atoms with van der Waals surface area (Å²) in [6.07, 6.45) is 0. The molecule has 0 fully saturated rings. The van der Waals surface area contributed by atoms with Crippen LogP contribution < -0.4 is 5.32 Å². The molecule has 5 nitrogen and oxygen atoms in total. The Kier molecular flexibility index (Phi) is 5.47. The van der Waals surface area contributed by atoms with Gasteiger partial charge in [0.2, 0.25) is 5.12 Å². The predicted octanol–water partition coefficient (Wildman–Crippen LogP) is -0.647. The molecule has 2 N–H and O–H groups in total. The van der Waals surface area contributed by atoms with Crippen molar-refractivity contribution in [3.05, 3.63) is 0 Å². The molecule has 0 rings (SSSR count). The summed E-state index contributed by atoms with van der Waals surface area (Å²) in [4.78, 5) is 10.8. The van der Waals surface area contributed by atoms with Gasteiger partial charge in [0.1, 0.15) is 0 Å². The Labute approximate surface area is 75.7 Å². The van der Waals surface area contributed by atoms with Gasteiger partial charge in [0.25, 0.3) is 10.1 Å². The monoisotopic (exact) mass is 213 g/mol. The Morgan fingerprint density at radius 1 is 1.58 bits per heavy atom. The largest absolute Gasteiger partial charge is 0.312 e. The minimum absolute atomic E-state index is 0.0966. The standard InChI is InChI=1S/C5H11NO4S2/c1-6-4-5(7)11-2-3-12(8,9)10/h6H,2-4H2,1H3,(H,8,9,10). The first kappa shape index (κ1) is 11.9. The van der Waals surface area contributed by atoms with Crippen LogP contribution in [0.5, 0.6) is 0 Å². The minimum Gasteiger partial charge on any atom is -0.312 e. The molecule has 0 aromatic heterocycles. The number of rotatable bonds is 5. The molecule has 0 saturated heterocycles. The Balaban J connectivity index is 3.51. The highest BCUT2D eigenvalue weighted by Gasteiger charge is 2.06. The third kappa shape index (κ3) is 7.99. The Morgan fingerprint density at radius 2 is 2.17 bits per heavy atom. The minimum atomic E-state index is -3.93. The van der Waals surface area contributed by atoms with Gasteiger partial charge in [-0.25, -0.2) is 0 Å². The van der Waals surface area contributed by atoms with Gasteiger partial charge in [0.15, 0.2) is 0 Å². The maximum Gasteiger partial charge on any atom is 0.265 e. The summed E-state index contributed by atoms with van der Waals surface area (Å²) >= 11 is 0.887. The lowest BCUT2D eigenvalue weighted by molar-refractivity contribution is -0.110. The molecule has 0 amide bonds. The zero-order valence-corrected chi connectivity index (χ0v) is 8.24. The summed E-state index contributed by atoms with van der Waals surface area (Å²) in [5, 5.41) is 2.49. The van der Waals surface area contributed by atoms with E-state index in [1.165, 1.54) is 0 Å². The highest BCUT2D eigenvalue weighted by Crippen LogP contribution is 2.01. The summed E-state index contributed by atoms with van der Waals surface area (Å²) in [5.41, 5.74) is 0. The van der Waals surface area contributed by atoms with E-state index in [1.54, 1.807) is 7.05 Å². The van der Waals surface area contributed by atoms with Crippen molar-refractivity contribution in [1.29, 1.82) is 0 Å². The predicted molar refractivity (Wildman–Crippen MR) is 47.8 cm³/mol. The van der Waals surface area contributed by atoms with Gasteiger partial charge in [-0.05, 0) is 7.05 Å². The van der Waals surface area contributed by atoms with Crippen LogP contribution in [0.3, 0.4) is 0 Å². The van der Waals surface area contributed by atoms with Crippen LogP contribution in [0, 0.1) is 0 Å². The number of carbonyl (C=O) groups excluding carboxylic acids is 1. The maximum atomic E-state index is 10.8. The Bertz CT molecular complexity index is 236. The van der Waals surface area contributed by atoms with E-state index in [0.717, 1.165) is 11.8 Å². The van der Waals surface area contributed by atoms with Gasteiger partial charge in [-0.15, -0.1) is 0 Å². The van der Waals surface area contributed by atoms with Crippen molar-refractivity contribution in [2.75, 3.05) is 25.1 Å². The molecule has 72 valence electrons. The summed E-state index contributed by atoms with van der Waals surface area (Å²) in [5.74, 6) is -0.285. The van der Waals surface area contributed by atoms with E-state index in [0.29, 0.717) is 0 Å². The van der Waals surface area contributed by atoms with E-state index in [4.69, 9.17) is 4.55 Å². The number of likely N-dealkylation sites (N-methyl/N-ethyl adjacent to an activating group) is 1. The first-order valence-corrected chi connectivity index (χ1v) is 5.80. The van der Waals surface area contributed by atoms with E-state index >= 15 is 0 Å². The van der Waals surface area contributed by atoms with Crippen LogP contribution in [-0.4, -0.2) is 43.2 Å². The first-order chi connectivity index (χ1) is 5.45. The summed E-state index contributed by atoms with van der Waals surface area (Å²) in [6.45, 7) is 0.205. The van der Waals surface area contributed by atoms with E-state index in [9.17, 15) is 13.2 Å². The van der Waals surface area contributed by atoms with Crippen LogP contribution in [0.2, 0.25) is 0 Å². The van der Waals surface area contributed by atoms with Crippen LogP contribution in [0.4, 0.5) is 0 Å². The fraction of sp³-hybridized carbons (Fsp3) is 0.800. The highest BCUT2D eigenvalue weighted by molar-refractivity contribution is 8.14. The average molecular weight is 213 g/mol. The molecule has 0 atom stereocenters. The molecule has 0 unspecified atom stereocenters. The van der Waals surface area contributed by atoms with E-state index in [2.05, 4.69) is 5.32 Å². The van der Waals surface area contributed by atoms with E-state index in [-0.39, 0.29) is 23.2 Å². The molecular weight excluding hydrogens is 202 g/mol. The SMILES string of the molecule is CNCC(=O)SCCS(=O)(=O)O. The fourth-order valence-corrected chi connectivity index (χ4v) is 2.11. The second-order valence-electron chi connectivity index (χ2n) is 2.04. The molecule has 7 heteroatoms. The molecule has 12 heavy (non-hydrogen) atoms. The second-order valence-corrected chi connectivity index (χ2v) is 4.76. The van der Waals surface area contributed by atoms with Gasteiger partial charge in [-0.2, -0.15) is 8.42 Å². The van der Waals surface area contributed by atoms with Crippen LogP contribution in [0.1, 0.15) is 0 Å². The Morgan fingerprint density at radius 3 is 2.58 bits per heavy atom. The number of thioether (sulfide) groups is 1. The second kappa shape index (κ2) is 5.52. The third-order valence-electron chi connectivity index (χ3n) is 0.925. The maximum absolute atomic E-state index is 10.8. The van der Waals surface area contributed by atoms with Gasteiger partial charge in [0, 0.05) is 5.75 Å². The summed E-state index contributed by atoms with van der Waals surface area (Å²) in [6, 6.07) is 0. The zero-order valence-electron chi connectivity index (χ0n) is 6.61. The lowest BCUT2D eigenvalue weighted by atomic mass is 10.7. The number of hydrogen-bond acceptors (Lipinski definition) is 5. The topological polar surface area (TPSA) is 83.5 Å². The molecular formula is C5H11NO4S2. The van der Waals surface area contributed by atoms with Crippen LogP contribution in [-0.2, 0) is 14.9 Å². The van der Waals surface area contributed by atoms with Gasteiger partial charge < -0.3 is 5.32 Å². The molecule has 0 aromatic rings. The van der Waals surface area contributed by atoms with Crippen molar-refractivity contribution in [2.24, 2.45) is 0 Å². The van der Waals surface area contributed by atoms with Gasteiger partial charge in [0.05, 0.1) is 12.3 Å². The van der Waals surface area contributed by atoms with Crippen molar-refractivity contribution in [3.8, 4) is 0 Å². The van der Waals surface area contributed by atoms with Crippen molar-refractivity contribution < 1.29 is 17.8 Å². The first-order valence-electron chi connectivity index (χ1n) is 3.21. The molecule has 0 spiro atoms. The van der Waals surface area contributed by atoms with Crippen molar-refractivity contribution in [1.82, 2.24) is 5.32 Å². The summed E-state index contributed by atoms with van der Waals surface area (Å²) in [7, 11) is -2.30. The normalized spacial score (nSPS) is 11.5. The van der Waals surface area contributed by atoms with Crippen LogP contribution in [0.15, 0.2) is 0 Å². The van der Waals surface area contributed by atoms with Gasteiger partial charge in [-0.1, -0.05) is 11.8 Å². The lowest BCUT2D eigenvalue weighted by Gasteiger charge is -1.97. The molecule has 0 aliphatic heterocycles. The molecule has 0 aromatic carbocycles. The number of carbonyl (C=O) groups is 1. The molecule has 0 radical (unpaired) electrons. The van der Waals surface area contributed by atoms with Gasteiger partial charge >= 0.3 is 0 Å². The van der Waals surface area contributed by atoms with Crippen molar-refractivity contribution >= 4 is 27.0 Å². The smallest absolute Gasteiger partial charge is 0.265 e. The van der Waals surface area contributed by atoms with Crippen LogP contribution >= 0.6 is 11.8 Å². The molecule has 0 heterocycles. The Hall–Kier alpha value is -0.110. The van der Waals surface area contributed by atoms with Gasteiger partial charge in [-0.3, -0.25) is 9.35 Å². The van der Waals surface area contributed by atoms with E-state index in [1.807, 2.05) is 0 Å². The molecule has 0 aliphatic rings.